The van der Waals surface area contributed by atoms with E-state index in [2.05, 4.69) is 6.92 Å². The number of nitrogens with zero attached hydrogens (tertiary/aromatic N) is 2. The number of hydrogen-bond donors (Lipinski definition) is 0. The van der Waals surface area contributed by atoms with E-state index < -0.39 is 17.8 Å². The Kier molecular flexibility index (Phi) is 5.32. The highest BCUT2D eigenvalue weighted by atomic mass is 35.5. The van der Waals surface area contributed by atoms with Gasteiger partial charge in [0.1, 0.15) is 10.7 Å². The fourth-order valence-electron chi connectivity index (χ4n) is 3.63. The lowest BCUT2D eigenvalue weighted by atomic mass is 9.99. The maximum absolute atomic E-state index is 13.1. The number of halogens is 1. The molecule has 1 fully saturated rings. The Morgan fingerprint density at radius 1 is 1.23 bits per heavy atom. The van der Waals surface area contributed by atoms with Crippen LogP contribution in [0.4, 0.5) is 5.69 Å². The number of carbonyl (C=O) groups is 3. The number of imide groups is 1. The van der Waals surface area contributed by atoms with Crippen LogP contribution in [0.3, 0.4) is 0 Å². The van der Waals surface area contributed by atoms with Crippen LogP contribution in [0.1, 0.15) is 43.0 Å². The standard InChI is InChI=1S/C19H21ClN2O4/c1-3-12-8-6-7-11-21(12)16-15(20)17(23)22(18(16)24)14-10-5-4-9-13(14)19(25)26-2/h4-5,9-10,12H,3,6-8,11H2,1-2H3. The van der Waals surface area contributed by atoms with E-state index in [0.29, 0.717) is 6.54 Å². The fraction of sp³-hybridized carbons (Fsp3) is 0.421. The zero-order chi connectivity index (χ0) is 18.8. The maximum atomic E-state index is 13.1. The first-order chi connectivity index (χ1) is 12.5. The van der Waals surface area contributed by atoms with Crippen LogP contribution in [0.2, 0.25) is 0 Å². The summed E-state index contributed by atoms with van der Waals surface area (Å²) in [5.74, 6) is -1.71. The van der Waals surface area contributed by atoms with Crippen molar-refractivity contribution in [3.8, 4) is 0 Å². The number of carbonyl (C=O) groups excluding carboxylic acids is 3. The van der Waals surface area contributed by atoms with Crippen LogP contribution in [-0.4, -0.2) is 42.4 Å². The molecule has 1 aromatic carbocycles. The topological polar surface area (TPSA) is 66.9 Å². The maximum Gasteiger partial charge on any atom is 0.339 e. The summed E-state index contributed by atoms with van der Waals surface area (Å²) in [6.07, 6.45) is 3.87. The molecule has 0 radical (unpaired) electrons. The number of ether oxygens (including phenoxy) is 1. The van der Waals surface area contributed by atoms with E-state index in [4.69, 9.17) is 16.3 Å². The number of methoxy groups -OCH3 is 1. The number of hydrogen-bond acceptors (Lipinski definition) is 5. The van der Waals surface area contributed by atoms with Crippen molar-refractivity contribution in [1.82, 2.24) is 4.90 Å². The summed E-state index contributed by atoms with van der Waals surface area (Å²) in [6, 6.07) is 6.55. The van der Waals surface area contributed by atoms with E-state index in [-0.39, 0.29) is 28.0 Å². The third-order valence-electron chi connectivity index (χ3n) is 4.94. The quantitative estimate of drug-likeness (QED) is 0.596. The molecular formula is C19H21ClN2O4. The van der Waals surface area contributed by atoms with Gasteiger partial charge < -0.3 is 9.64 Å². The zero-order valence-corrected chi connectivity index (χ0v) is 15.6. The van der Waals surface area contributed by atoms with Gasteiger partial charge in [-0.25, -0.2) is 9.69 Å². The minimum Gasteiger partial charge on any atom is -0.465 e. The molecule has 1 atom stereocenters. The summed E-state index contributed by atoms with van der Waals surface area (Å²) in [4.78, 5) is 40.9. The lowest BCUT2D eigenvalue weighted by Gasteiger charge is -2.37. The van der Waals surface area contributed by atoms with Gasteiger partial charge in [0.25, 0.3) is 11.8 Å². The van der Waals surface area contributed by atoms with Gasteiger partial charge in [0.15, 0.2) is 0 Å². The smallest absolute Gasteiger partial charge is 0.339 e. The van der Waals surface area contributed by atoms with Gasteiger partial charge in [-0.2, -0.15) is 0 Å². The van der Waals surface area contributed by atoms with Crippen LogP contribution < -0.4 is 4.90 Å². The predicted octanol–water partition coefficient (Wildman–Crippen LogP) is 3.06. The molecule has 26 heavy (non-hydrogen) atoms. The molecule has 7 heteroatoms. The van der Waals surface area contributed by atoms with Crippen LogP contribution in [0.5, 0.6) is 0 Å². The van der Waals surface area contributed by atoms with Gasteiger partial charge in [-0.05, 0) is 37.8 Å². The van der Waals surface area contributed by atoms with Gasteiger partial charge in [-0.3, -0.25) is 9.59 Å². The molecule has 0 N–H and O–H groups in total. The largest absolute Gasteiger partial charge is 0.465 e. The number of para-hydroxylation sites is 1. The number of rotatable bonds is 4. The van der Waals surface area contributed by atoms with Crippen LogP contribution in [0.25, 0.3) is 0 Å². The highest BCUT2D eigenvalue weighted by Crippen LogP contribution is 2.36. The number of likely N-dealkylation sites (tertiary alicyclic amines) is 1. The van der Waals surface area contributed by atoms with Gasteiger partial charge in [-0.15, -0.1) is 0 Å². The molecule has 0 bridgehead atoms. The van der Waals surface area contributed by atoms with E-state index >= 15 is 0 Å². The first-order valence-electron chi connectivity index (χ1n) is 8.73. The molecule has 138 valence electrons. The highest BCUT2D eigenvalue weighted by molar-refractivity contribution is 6.52. The number of anilines is 1. The van der Waals surface area contributed by atoms with Crippen molar-refractivity contribution in [1.29, 1.82) is 0 Å². The van der Waals surface area contributed by atoms with E-state index in [1.165, 1.54) is 13.2 Å². The molecule has 0 aromatic heterocycles. The number of piperidine rings is 1. The summed E-state index contributed by atoms with van der Waals surface area (Å²) in [5.41, 5.74) is 0.573. The molecular weight excluding hydrogens is 356 g/mol. The van der Waals surface area contributed by atoms with Crippen LogP contribution in [0.15, 0.2) is 35.0 Å². The molecule has 1 unspecified atom stereocenters. The minimum atomic E-state index is -0.616. The van der Waals surface area contributed by atoms with Gasteiger partial charge in [0.2, 0.25) is 0 Å². The van der Waals surface area contributed by atoms with E-state index in [1.807, 2.05) is 4.90 Å². The summed E-state index contributed by atoms with van der Waals surface area (Å²) in [7, 11) is 1.25. The number of amides is 2. The Hall–Kier alpha value is -2.34. The molecule has 1 aromatic rings. The van der Waals surface area contributed by atoms with Gasteiger partial charge in [0, 0.05) is 12.6 Å². The first kappa shape index (κ1) is 18.5. The Bertz CT molecular complexity index is 789. The first-order valence-corrected chi connectivity index (χ1v) is 9.11. The Morgan fingerprint density at radius 2 is 1.96 bits per heavy atom. The minimum absolute atomic E-state index is 0.0879. The van der Waals surface area contributed by atoms with E-state index in [1.54, 1.807) is 18.2 Å². The summed E-state index contributed by atoms with van der Waals surface area (Å²) >= 11 is 6.30. The third kappa shape index (κ3) is 2.98. The Balaban J connectivity index is 2.01. The molecule has 0 saturated carbocycles. The molecule has 2 heterocycles. The zero-order valence-electron chi connectivity index (χ0n) is 14.8. The van der Waals surface area contributed by atoms with Crippen LogP contribution >= 0.6 is 11.6 Å². The van der Waals surface area contributed by atoms with Crippen molar-refractivity contribution in [2.75, 3.05) is 18.6 Å². The summed E-state index contributed by atoms with van der Waals surface area (Å²) < 4.78 is 4.77. The normalized spacial score (nSPS) is 20.8. The van der Waals surface area contributed by atoms with Crippen molar-refractivity contribution in [2.24, 2.45) is 0 Å². The molecule has 0 spiro atoms. The van der Waals surface area contributed by atoms with Crippen molar-refractivity contribution in [3.05, 3.63) is 40.6 Å². The third-order valence-corrected chi connectivity index (χ3v) is 5.28. The SMILES string of the molecule is CCC1CCCCN1C1=C(Cl)C(=O)N(c2ccccc2C(=O)OC)C1=O. The van der Waals surface area contributed by atoms with Crippen molar-refractivity contribution in [3.63, 3.8) is 0 Å². The molecule has 1 saturated heterocycles. The van der Waals surface area contributed by atoms with Crippen LogP contribution in [-0.2, 0) is 14.3 Å². The number of esters is 1. The van der Waals surface area contributed by atoms with Gasteiger partial charge in [0.05, 0.1) is 18.4 Å². The second-order valence-corrected chi connectivity index (χ2v) is 6.75. The Morgan fingerprint density at radius 3 is 2.65 bits per heavy atom. The lowest BCUT2D eigenvalue weighted by molar-refractivity contribution is -0.121. The molecule has 0 aliphatic carbocycles. The average Bonchev–Trinajstić information content (AvgIpc) is 2.89. The lowest BCUT2D eigenvalue weighted by Crippen LogP contribution is -2.42. The van der Waals surface area contributed by atoms with Crippen molar-refractivity contribution < 1.29 is 19.1 Å². The fourth-order valence-corrected chi connectivity index (χ4v) is 3.90. The van der Waals surface area contributed by atoms with Crippen molar-refractivity contribution >= 4 is 35.1 Å². The monoisotopic (exact) mass is 376 g/mol. The molecule has 6 nitrogen and oxygen atoms in total. The second-order valence-electron chi connectivity index (χ2n) is 6.37. The summed E-state index contributed by atoms with van der Waals surface area (Å²) in [5, 5.41) is -0.0879. The molecule has 2 aliphatic heterocycles. The highest BCUT2D eigenvalue weighted by Gasteiger charge is 2.44. The Labute approximate surface area is 157 Å². The molecule has 3 rings (SSSR count). The van der Waals surface area contributed by atoms with E-state index in [0.717, 1.165) is 30.6 Å². The second kappa shape index (κ2) is 7.50. The van der Waals surface area contributed by atoms with Crippen molar-refractivity contribution in [2.45, 2.75) is 38.6 Å². The average molecular weight is 377 g/mol. The number of benzene rings is 1. The van der Waals surface area contributed by atoms with E-state index in [9.17, 15) is 14.4 Å². The predicted molar refractivity (Wildman–Crippen MR) is 97.8 cm³/mol. The molecule has 2 aliphatic rings. The van der Waals surface area contributed by atoms with Crippen LogP contribution in [0, 0.1) is 0 Å². The van der Waals surface area contributed by atoms with Gasteiger partial charge >= 0.3 is 5.97 Å². The molecule has 2 amide bonds. The van der Waals surface area contributed by atoms with Gasteiger partial charge in [-0.1, -0.05) is 30.7 Å². The summed E-state index contributed by atoms with van der Waals surface area (Å²) in [6.45, 7) is 2.75.